The van der Waals surface area contributed by atoms with Gasteiger partial charge in [0.15, 0.2) is 5.65 Å². The van der Waals surface area contributed by atoms with Gasteiger partial charge in [-0.3, -0.25) is 24.0 Å². The molecule has 5 aromatic rings. The van der Waals surface area contributed by atoms with Crippen molar-refractivity contribution >= 4 is 23.0 Å². The van der Waals surface area contributed by atoms with E-state index in [1.165, 1.54) is 19.6 Å². The molecular weight excluding hydrogens is 750 g/mol. The lowest BCUT2D eigenvalue weighted by Crippen LogP contribution is -2.59. The highest BCUT2D eigenvalue weighted by molar-refractivity contribution is 5.86. The molecule has 2 amide bonds. The lowest BCUT2D eigenvalue weighted by Gasteiger charge is -2.40. The Balaban J connectivity index is 1.13. The topological polar surface area (TPSA) is 133 Å². The van der Waals surface area contributed by atoms with E-state index in [0.717, 1.165) is 68.1 Å². The zero-order valence-electron chi connectivity index (χ0n) is 34.3. The SMILES string of the molecule is CN1CCCN(Cc2ccc(-c3cccc(-n4c(=O)n(C5CCC(NC(=O)[C@H](Cc6ccccc6)N(C(=O)O)C(C)(C)C)CC5)c(=O)c5cc(F)cnc54)c3)cc2)CC1. The van der Waals surface area contributed by atoms with Crippen molar-refractivity contribution in [3.8, 4) is 16.8 Å². The molecule has 1 aliphatic carbocycles. The molecule has 2 aliphatic rings. The molecule has 3 aromatic carbocycles. The van der Waals surface area contributed by atoms with Crippen LogP contribution in [0.15, 0.2) is 101 Å². The molecule has 0 bridgehead atoms. The monoisotopic (exact) mass is 803 g/mol. The van der Waals surface area contributed by atoms with Gasteiger partial charge in [0, 0.05) is 43.7 Å². The number of likely N-dealkylation sites (N-methyl/N-ethyl adjacent to an activating group) is 1. The van der Waals surface area contributed by atoms with E-state index in [1.807, 2.05) is 48.5 Å². The average molecular weight is 804 g/mol. The van der Waals surface area contributed by atoms with E-state index in [1.54, 1.807) is 26.8 Å². The molecule has 1 aliphatic heterocycles. The quantitative estimate of drug-likeness (QED) is 0.164. The van der Waals surface area contributed by atoms with E-state index >= 15 is 0 Å². The summed E-state index contributed by atoms with van der Waals surface area (Å²) in [6.07, 6.45) is 2.84. The summed E-state index contributed by atoms with van der Waals surface area (Å²) in [5.41, 5.74) is 2.43. The fraction of sp³-hybridized carbons (Fsp3) is 0.413. The Labute approximate surface area is 343 Å². The minimum absolute atomic E-state index is 0.00538. The summed E-state index contributed by atoms with van der Waals surface area (Å²) in [4.78, 5) is 65.3. The van der Waals surface area contributed by atoms with Crippen LogP contribution in [0.4, 0.5) is 9.18 Å². The van der Waals surface area contributed by atoms with Gasteiger partial charge >= 0.3 is 11.8 Å². The number of benzene rings is 3. The predicted molar refractivity (Wildman–Crippen MR) is 227 cm³/mol. The third-order valence-electron chi connectivity index (χ3n) is 11.7. The highest BCUT2D eigenvalue weighted by Crippen LogP contribution is 2.29. The summed E-state index contributed by atoms with van der Waals surface area (Å²) >= 11 is 0. The van der Waals surface area contributed by atoms with Crippen molar-refractivity contribution in [1.29, 1.82) is 0 Å². The van der Waals surface area contributed by atoms with E-state index in [4.69, 9.17) is 0 Å². The highest BCUT2D eigenvalue weighted by atomic mass is 19.1. The summed E-state index contributed by atoms with van der Waals surface area (Å²) < 4.78 is 17.3. The number of carboxylic acid groups (broad SMARTS) is 1. The average Bonchev–Trinajstić information content (AvgIpc) is 3.42. The molecule has 12 nitrogen and oxygen atoms in total. The Kier molecular flexibility index (Phi) is 12.4. The first-order valence-electron chi connectivity index (χ1n) is 20.6. The summed E-state index contributed by atoms with van der Waals surface area (Å²) in [6, 6.07) is 24.6. The third-order valence-corrected chi connectivity index (χ3v) is 11.7. The smallest absolute Gasteiger partial charge is 0.408 e. The minimum Gasteiger partial charge on any atom is -0.465 e. The van der Waals surface area contributed by atoms with Crippen LogP contribution < -0.4 is 16.6 Å². The Morgan fingerprint density at radius 1 is 0.881 bits per heavy atom. The number of fused-ring (bicyclic) bond motifs is 1. The van der Waals surface area contributed by atoms with Gasteiger partial charge in [-0.25, -0.2) is 23.5 Å². The van der Waals surface area contributed by atoms with E-state index < -0.39 is 46.7 Å². The standard InChI is InChI=1S/C46H54FN7O5/c1-46(2,3)54(45(58)59)40(26-31-10-6-5-7-11-31)42(55)49-36-18-20-37(21-19-36)53-43(56)39-28-35(47)29-48-41(39)52(44(53)57)38-13-8-12-34(27-38)33-16-14-32(15-17-33)30-51-23-9-22-50(4)24-25-51/h5-8,10-17,27-29,36-37,40H,9,18-26,30H2,1-4H3,(H,49,55)(H,58,59)/t36?,37?,40-/m0/s1. The van der Waals surface area contributed by atoms with Crippen molar-refractivity contribution in [1.82, 2.24) is 34.1 Å². The van der Waals surface area contributed by atoms with Crippen molar-refractivity contribution in [3.63, 3.8) is 0 Å². The maximum Gasteiger partial charge on any atom is 0.408 e. The van der Waals surface area contributed by atoms with Crippen molar-refractivity contribution in [3.05, 3.63) is 129 Å². The molecule has 1 saturated carbocycles. The fourth-order valence-electron chi connectivity index (χ4n) is 8.68. The van der Waals surface area contributed by atoms with Crippen LogP contribution in [-0.2, 0) is 17.8 Å². The van der Waals surface area contributed by atoms with Gasteiger partial charge in [-0.1, -0.05) is 66.7 Å². The van der Waals surface area contributed by atoms with Gasteiger partial charge in [0.2, 0.25) is 5.91 Å². The molecule has 2 fully saturated rings. The number of rotatable bonds is 10. The molecule has 0 unspecified atom stereocenters. The van der Waals surface area contributed by atoms with Crippen LogP contribution >= 0.6 is 0 Å². The first-order valence-corrected chi connectivity index (χ1v) is 20.6. The minimum atomic E-state index is -1.19. The first-order chi connectivity index (χ1) is 28.3. The number of halogens is 1. The molecule has 0 spiro atoms. The summed E-state index contributed by atoms with van der Waals surface area (Å²) in [5.74, 6) is -1.09. The largest absolute Gasteiger partial charge is 0.465 e. The summed E-state index contributed by atoms with van der Waals surface area (Å²) in [7, 11) is 2.16. The molecule has 2 N–H and O–H groups in total. The van der Waals surface area contributed by atoms with E-state index in [0.29, 0.717) is 31.4 Å². The van der Waals surface area contributed by atoms with Crippen LogP contribution in [0, 0.1) is 5.82 Å². The van der Waals surface area contributed by atoms with Gasteiger partial charge in [0.1, 0.15) is 11.9 Å². The molecular formula is C46H54FN7O5. The van der Waals surface area contributed by atoms with Crippen LogP contribution in [-0.4, -0.2) is 96.8 Å². The van der Waals surface area contributed by atoms with Crippen molar-refractivity contribution in [2.24, 2.45) is 0 Å². The Morgan fingerprint density at radius 3 is 2.31 bits per heavy atom. The van der Waals surface area contributed by atoms with Gasteiger partial charge in [0.25, 0.3) is 5.56 Å². The second-order valence-electron chi connectivity index (χ2n) is 17.0. The molecule has 310 valence electrons. The molecule has 13 heteroatoms. The predicted octanol–water partition coefficient (Wildman–Crippen LogP) is 6.48. The highest BCUT2D eigenvalue weighted by Gasteiger charge is 2.39. The van der Waals surface area contributed by atoms with Crippen molar-refractivity contribution in [2.75, 3.05) is 33.2 Å². The van der Waals surface area contributed by atoms with Gasteiger partial charge < -0.3 is 15.3 Å². The van der Waals surface area contributed by atoms with Crippen LogP contribution in [0.5, 0.6) is 0 Å². The summed E-state index contributed by atoms with van der Waals surface area (Å²) in [6.45, 7) is 10.4. The Bertz CT molecular complexity index is 2400. The molecule has 1 atom stereocenters. The fourth-order valence-corrected chi connectivity index (χ4v) is 8.68. The molecule has 7 rings (SSSR count). The third kappa shape index (κ3) is 9.47. The number of nitrogens with one attached hydrogen (secondary N) is 1. The number of aromatic nitrogens is 3. The number of pyridine rings is 1. The Morgan fingerprint density at radius 2 is 1.61 bits per heavy atom. The number of carbonyl (C=O) groups is 2. The van der Waals surface area contributed by atoms with Crippen molar-refractivity contribution < 1.29 is 19.1 Å². The van der Waals surface area contributed by atoms with Crippen LogP contribution in [0.1, 0.15) is 70.0 Å². The second kappa shape index (κ2) is 17.7. The lowest BCUT2D eigenvalue weighted by molar-refractivity contribution is -0.128. The van der Waals surface area contributed by atoms with Gasteiger partial charge in [0.05, 0.1) is 17.3 Å². The zero-order valence-corrected chi connectivity index (χ0v) is 34.3. The maximum absolute atomic E-state index is 14.7. The van der Waals surface area contributed by atoms with E-state index in [-0.39, 0.29) is 23.5 Å². The molecule has 2 aromatic heterocycles. The number of carbonyl (C=O) groups excluding carboxylic acids is 1. The number of hydrogen-bond acceptors (Lipinski definition) is 7. The molecule has 1 saturated heterocycles. The second-order valence-corrected chi connectivity index (χ2v) is 17.0. The van der Waals surface area contributed by atoms with Crippen molar-refractivity contribution in [2.45, 2.75) is 89.5 Å². The Hall–Kier alpha value is -5.66. The van der Waals surface area contributed by atoms with Crippen LogP contribution in [0.25, 0.3) is 27.8 Å². The molecule has 59 heavy (non-hydrogen) atoms. The van der Waals surface area contributed by atoms with Gasteiger partial charge in [-0.2, -0.15) is 0 Å². The van der Waals surface area contributed by atoms with Gasteiger partial charge in [-0.15, -0.1) is 0 Å². The normalized spacial score (nSPS) is 18.6. The van der Waals surface area contributed by atoms with E-state index in [9.17, 15) is 28.7 Å². The first kappa shape index (κ1) is 41.5. The van der Waals surface area contributed by atoms with Crippen LogP contribution in [0.2, 0.25) is 0 Å². The van der Waals surface area contributed by atoms with Crippen LogP contribution in [0.3, 0.4) is 0 Å². The number of nitrogens with zero attached hydrogens (tertiary/aromatic N) is 6. The van der Waals surface area contributed by atoms with Gasteiger partial charge in [-0.05, 0) is 113 Å². The lowest BCUT2D eigenvalue weighted by atomic mass is 9.90. The molecule has 0 radical (unpaired) electrons. The zero-order chi connectivity index (χ0) is 41.8. The maximum atomic E-state index is 14.7. The summed E-state index contributed by atoms with van der Waals surface area (Å²) in [5, 5.41) is 13.3. The van der Waals surface area contributed by atoms with E-state index in [2.05, 4.69) is 51.4 Å². The number of hydrogen-bond donors (Lipinski definition) is 2. The number of amides is 2. The molecule has 3 heterocycles.